The van der Waals surface area contributed by atoms with Gasteiger partial charge in [-0.3, -0.25) is 0 Å². The van der Waals surface area contributed by atoms with E-state index in [1.807, 2.05) is 24.5 Å². The van der Waals surface area contributed by atoms with Crippen molar-refractivity contribution in [3.05, 3.63) is 58.9 Å². The summed E-state index contributed by atoms with van der Waals surface area (Å²) in [6.45, 7) is 0.929. The molecule has 9 heteroatoms. The summed E-state index contributed by atoms with van der Waals surface area (Å²) in [5, 5.41) is 12.1. The number of hydrogen-bond acceptors (Lipinski definition) is 7. The second-order valence-corrected chi connectivity index (χ2v) is 8.22. The minimum atomic E-state index is -0.430. The minimum absolute atomic E-state index is 0.268. The summed E-state index contributed by atoms with van der Waals surface area (Å²) in [6, 6.07) is 11.6. The van der Waals surface area contributed by atoms with Gasteiger partial charge in [0.25, 0.3) is 5.88 Å². The van der Waals surface area contributed by atoms with Gasteiger partial charge in [-0.05, 0) is 54.8 Å². The van der Waals surface area contributed by atoms with Crippen LogP contribution in [0.3, 0.4) is 0 Å². The van der Waals surface area contributed by atoms with Gasteiger partial charge in [-0.1, -0.05) is 11.6 Å². The first kappa shape index (κ1) is 23.9. The van der Waals surface area contributed by atoms with Crippen LogP contribution >= 0.6 is 23.4 Å². The van der Waals surface area contributed by atoms with E-state index in [9.17, 15) is 4.39 Å². The summed E-state index contributed by atoms with van der Waals surface area (Å²) in [5.41, 5.74) is 2.13. The Balaban J connectivity index is 1.89. The lowest BCUT2D eigenvalue weighted by Gasteiger charge is -2.15. The Morgan fingerprint density at radius 3 is 2.66 bits per heavy atom. The maximum atomic E-state index is 14.4. The topological polar surface area (TPSA) is 65.5 Å². The molecule has 0 aliphatic carbocycles. The minimum Gasteiger partial charge on any atom is -0.497 e. The highest BCUT2D eigenvalue weighted by atomic mass is 35.5. The largest absolute Gasteiger partial charge is 0.497 e. The Hall–Kier alpha value is -2.71. The number of hydrogen-bond donors (Lipinski definition) is 1. The summed E-state index contributed by atoms with van der Waals surface area (Å²) in [7, 11) is 3.21. The average Bonchev–Trinajstić information content (AvgIpc) is 2.82. The quantitative estimate of drug-likeness (QED) is 0.355. The van der Waals surface area contributed by atoms with Crippen molar-refractivity contribution in [2.75, 3.05) is 38.2 Å². The van der Waals surface area contributed by atoms with Crippen molar-refractivity contribution in [3.8, 4) is 28.6 Å². The zero-order valence-corrected chi connectivity index (χ0v) is 19.7. The highest BCUT2D eigenvalue weighted by Crippen LogP contribution is 2.31. The van der Waals surface area contributed by atoms with Crippen LogP contribution in [-0.2, 0) is 6.54 Å². The van der Waals surface area contributed by atoms with Crippen molar-refractivity contribution < 1.29 is 18.6 Å². The van der Waals surface area contributed by atoms with Gasteiger partial charge >= 0.3 is 0 Å². The van der Waals surface area contributed by atoms with E-state index in [-0.39, 0.29) is 5.56 Å². The predicted molar refractivity (Wildman–Crippen MR) is 128 cm³/mol. The van der Waals surface area contributed by atoms with Crippen molar-refractivity contribution in [2.24, 2.45) is 0 Å². The summed E-state index contributed by atoms with van der Waals surface area (Å²) >= 11 is 7.80. The molecule has 3 rings (SSSR count). The summed E-state index contributed by atoms with van der Waals surface area (Å²) in [4.78, 5) is 0. The highest BCUT2D eigenvalue weighted by Gasteiger charge is 2.14. The maximum absolute atomic E-state index is 14.4. The van der Waals surface area contributed by atoms with Gasteiger partial charge in [-0.25, -0.2) is 4.39 Å². The summed E-state index contributed by atoms with van der Waals surface area (Å²) in [5.74, 6) is 2.28. The molecular weight excluding hydrogens is 453 g/mol. The number of benzene rings is 2. The van der Waals surface area contributed by atoms with E-state index < -0.39 is 5.82 Å². The SMILES string of the molecule is COc1ccc(CNc2cc(-c3cc(Cl)ccc3F)nnc2OCCCSC)c(OC)c1. The van der Waals surface area contributed by atoms with Gasteiger partial charge in [-0.2, -0.15) is 11.8 Å². The van der Waals surface area contributed by atoms with Crippen molar-refractivity contribution in [3.63, 3.8) is 0 Å². The van der Waals surface area contributed by atoms with Gasteiger partial charge in [0.1, 0.15) is 23.0 Å². The number of thioether (sulfide) groups is 1. The molecule has 0 aliphatic rings. The van der Waals surface area contributed by atoms with Crippen LogP contribution in [0.2, 0.25) is 5.02 Å². The molecule has 0 atom stereocenters. The van der Waals surface area contributed by atoms with Crippen molar-refractivity contribution in [1.29, 1.82) is 0 Å². The normalized spacial score (nSPS) is 10.7. The average molecular weight is 478 g/mol. The zero-order chi connectivity index (χ0) is 22.9. The number of methoxy groups -OCH3 is 2. The molecule has 1 heterocycles. The second kappa shape index (κ2) is 11.8. The van der Waals surface area contributed by atoms with Crippen LogP contribution in [0.1, 0.15) is 12.0 Å². The standard InChI is InChI=1S/C23H25ClFN3O3S/c1-29-17-7-5-15(22(12-17)30-2)14-26-21-13-20(18-11-16(24)6-8-19(18)25)27-28-23(21)31-9-4-10-32-3/h5-8,11-13H,4,9-10,14H2,1-3H3,(H,26,27). The van der Waals surface area contributed by atoms with Crippen LogP contribution in [0.5, 0.6) is 17.4 Å². The van der Waals surface area contributed by atoms with Crippen molar-refractivity contribution in [2.45, 2.75) is 13.0 Å². The van der Waals surface area contributed by atoms with Crippen molar-refractivity contribution >= 4 is 29.1 Å². The molecule has 170 valence electrons. The molecule has 0 radical (unpaired) electrons. The molecule has 3 aromatic rings. The highest BCUT2D eigenvalue weighted by molar-refractivity contribution is 7.98. The molecular formula is C23H25ClFN3O3S. The van der Waals surface area contributed by atoms with Gasteiger partial charge < -0.3 is 19.5 Å². The van der Waals surface area contributed by atoms with E-state index in [4.69, 9.17) is 25.8 Å². The second-order valence-electron chi connectivity index (χ2n) is 6.80. The molecule has 0 fully saturated rings. The number of aromatic nitrogens is 2. The van der Waals surface area contributed by atoms with Crippen LogP contribution in [0.25, 0.3) is 11.3 Å². The number of nitrogens with one attached hydrogen (secondary N) is 1. The first-order chi connectivity index (χ1) is 15.5. The molecule has 0 amide bonds. The van der Waals surface area contributed by atoms with Crippen LogP contribution in [0.4, 0.5) is 10.1 Å². The molecule has 1 N–H and O–H groups in total. The van der Waals surface area contributed by atoms with Crippen molar-refractivity contribution in [1.82, 2.24) is 10.2 Å². The van der Waals surface area contributed by atoms with E-state index in [1.165, 1.54) is 18.2 Å². The Morgan fingerprint density at radius 2 is 1.91 bits per heavy atom. The van der Waals surface area contributed by atoms with Crippen LogP contribution in [-0.4, -0.2) is 43.0 Å². The molecule has 0 saturated carbocycles. The predicted octanol–water partition coefficient (Wildman–Crippen LogP) is 5.70. The molecule has 1 aromatic heterocycles. The van der Waals surface area contributed by atoms with E-state index in [1.54, 1.807) is 32.0 Å². The van der Waals surface area contributed by atoms with Gasteiger partial charge in [0.2, 0.25) is 0 Å². The van der Waals surface area contributed by atoms with Crippen LogP contribution < -0.4 is 19.5 Å². The Bertz CT molecular complexity index is 1050. The summed E-state index contributed by atoms with van der Waals surface area (Å²) in [6.07, 6.45) is 2.92. The van der Waals surface area contributed by atoms with Crippen LogP contribution in [0.15, 0.2) is 42.5 Å². The van der Waals surface area contributed by atoms with E-state index >= 15 is 0 Å². The number of anilines is 1. The Morgan fingerprint density at radius 1 is 1.06 bits per heavy atom. The lowest BCUT2D eigenvalue weighted by Crippen LogP contribution is -2.08. The molecule has 0 unspecified atom stereocenters. The molecule has 0 spiro atoms. The fraction of sp³-hybridized carbons (Fsp3) is 0.304. The zero-order valence-electron chi connectivity index (χ0n) is 18.2. The van der Waals surface area contributed by atoms with Gasteiger partial charge in [0, 0.05) is 28.8 Å². The molecule has 6 nitrogen and oxygen atoms in total. The van der Waals surface area contributed by atoms with E-state index in [0.717, 1.165) is 17.7 Å². The van der Waals surface area contributed by atoms with E-state index in [0.29, 0.717) is 46.9 Å². The lowest BCUT2D eigenvalue weighted by molar-refractivity contribution is 0.304. The first-order valence-electron chi connectivity index (χ1n) is 9.95. The summed E-state index contributed by atoms with van der Waals surface area (Å²) < 4.78 is 31.0. The monoisotopic (exact) mass is 477 g/mol. The third kappa shape index (κ3) is 6.17. The molecule has 2 aromatic carbocycles. The molecule has 32 heavy (non-hydrogen) atoms. The van der Waals surface area contributed by atoms with Gasteiger partial charge in [0.15, 0.2) is 0 Å². The third-order valence-electron chi connectivity index (χ3n) is 4.66. The smallest absolute Gasteiger partial charge is 0.257 e. The number of ether oxygens (including phenoxy) is 3. The number of halogens is 2. The molecule has 0 bridgehead atoms. The first-order valence-corrected chi connectivity index (χ1v) is 11.7. The Kier molecular flexibility index (Phi) is 8.81. The fourth-order valence-electron chi connectivity index (χ4n) is 3.00. The third-order valence-corrected chi connectivity index (χ3v) is 5.59. The van der Waals surface area contributed by atoms with Gasteiger partial charge in [-0.15, -0.1) is 10.2 Å². The number of rotatable bonds is 11. The lowest BCUT2D eigenvalue weighted by atomic mass is 10.1. The Labute approximate surface area is 196 Å². The molecule has 0 saturated heterocycles. The van der Waals surface area contributed by atoms with Gasteiger partial charge in [0.05, 0.1) is 26.5 Å². The number of nitrogens with zero attached hydrogens (tertiary/aromatic N) is 2. The molecule has 0 aliphatic heterocycles. The maximum Gasteiger partial charge on any atom is 0.257 e. The van der Waals surface area contributed by atoms with E-state index in [2.05, 4.69) is 15.5 Å². The van der Waals surface area contributed by atoms with Crippen LogP contribution in [0, 0.1) is 5.82 Å². The fourth-order valence-corrected chi connectivity index (χ4v) is 3.58.